The van der Waals surface area contributed by atoms with E-state index in [-0.39, 0.29) is 5.41 Å². The molecule has 19 heavy (non-hydrogen) atoms. The van der Waals surface area contributed by atoms with Crippen LogP contribution in [-0.4, -0.2) is 33.3 Å². The molecule has 0 spiro atoms. The Bertz CT molecular complexity index is 443. The molecule has 0 saturated carbocycles. The van der Waals surface area contributed by atoms with Crippen LogP contribution in [0.5, 0.6) is 11.5 Å². The highest BCUT2D eigenvalue weighted by Crippen LogP contribution is 2.29. The van der Waals surface area contributed by atoms with Gasteiger partial charge in [0.15, 0.2) is 11.5 Å². The van der Waals surface area contributed by atoms with Gasteiger partial charge in [0, 0.05) is 12.0 Å². The predicted molar refractivity (Wildman–Crippen MR) is 72.7 cm³/mol. The molecule has 0 aliphatic rings. The Kier molecular flexibility index (Phi) is 5.18. The molecule has 5 heteroatoms. The molecule has 0 aliphatic heterocycles. The molecular formula is C14H21NO4. The molecule has 0 bridgehead atoms. The fourth-order valence-electron chi connectivity index (χ4n) is 1.37. The lowest BCUT2D eigenvalue weighted by Crippen LogP contribution is -2.30. The smallest absolute Gasteiger partial charge is 0.337 e. The number of ether oxygens (including phenoxy) is 3. The SMILES string of the molecule is COC(=O)c1ccc(OC)c(OCC(C)(C)CN)c1. The molecule has 1 aromatic carbocycles. The van der Waals surface area contributed by atoms with Crippen molar-refractivity contribution in [1.82, 2.24) is 0 Å². The van der Waals surface area contributed by atoms with Gasteiger partial charge in [0.05, 0.1) is 26.4 Å². The number of methoxy groups -OCH3 is 2. The summed E-state index contributed by atoms with van der Waals surface area (Å²) < 4.78 is 15.6. The lowest BCUT2D eigenvalue weighted by molar-refractivity contribution is 0.0600. The van der Waals surface area contributed by atoms with Crippen LogP contribution in [0.1, 0.15) is 24.2 Å². The van der Waals surface area contributed by atoms with Gasteiger partial charge in [-0.05, 0) is 18.2 Å². The Hall–Kier alpha value is -1.75. The van der Waals surface area contributed by atoms with Gasteiger partial charge in [-0.25, -0.2) is 4.79 Å². The molecule has 0 aliphatic carbocycles. The van der Waals surface area contributed by atoms with Crippen LogP contribution in [0.25, 0.3) is 0 Å². The van der Waals surface area contributed by atoms with Crippen molar-refractivity contribution in [2.24, 2.45) is 11.1 Å². The van der Waals surface area contributed by atoms with Gasteiger partial charge in [0.2, 0.25) is 0 Å². The first kappa shape index (κ1) is 15.3. The first-order valence-electron chi connectivity index (χ1n) is 6.03. The third-order valence-electron chi connectivity index (χ3n) is 2.76. The Labute approximate surface area is 113 Å². The number of benzene rings is 1. The van der Waals surface area contributed by atoms with E-state index in [1.807, 2.05) is 13.8 Å². The first-order valence-corrected chi connectivity index (χ1v) is 6.03. The second kappa shape index (κ2) is 6.43. The van der Waals surface area contributed by atoms with Crippen molar-refractivity contribution in [3.05, 3.63) is 23.8 Å². The van der Waals surface area contributed by atoms with Crippen molar-refractivity contribution in [2.45, 2.75) is 13.8 Å². The summed E-state index contributed by atoms with van der Waals surface area (Å²) in [6.07, 6.45) is 0. The highest BCUT2D eigenvalue weighted by molar-refractivity contribution is 5.90. The van der Waals surface area contributed by atoms with Crippen LogP contribution in [0.3, 0.4) is 0 Å². The monoisotopic (exact) mass is 267 g/mol. The van der Waals surface area contributed by atoms with E-state index in [4.69, 9.17) is 15.2 Å². The second-order valence-electron chi connectivity index (χ2n) is 5.01. The molecule has 0 saturated heterocycles. The van der Waals surface area contributed by atoms with E-state index in [0.717, 1.165) is 0 Å². The summed E-state index contributed by atoms with van der Waals surface area (Å²) in [6.45, 7) is 4.95. The molecule has 1 aromatic rings. The maximum absolute atomic E-state index is 11.5. The zero-order valence-corrected chi connectivity index (χ0v) is 11.9. The minimum atomic E-state index is -0.411. The number of carbonyl (C=O) groups excluding carboxylic acids is 1. The number of esters is 1. The average Bonchev–Trinajstić information content (AvgIpc) is 2.44. The van der Waals surface area contributed by atoms with Crippen LogP contribution in [0, 0.1) is 5.41 Å². The van der Waals surface area contributed by atoms with Crippen LogP contribution in [0.2, 0.25) is 0 Å². The number of carbonyl (C=O) groups is 1. The van der Waals surface area contributed by atoms with Crippen molar-refractivity contribution in [3.8, 4) is 11.5 Å². The van der Waals surface area contributed by atoms with E-state index >= 15 is 0 Å². The summed E-state index contributed by atoms with van der Waals surface area (Å²) in [6, 6.07) is 4.92. The predicted octanol–water partition coefficient (Wildman–Crippen LogP) is 1.85. The van der Waals surface area contributed by atoms with E-state index in [2.05, 4.69) is 4.74 Å². The zero-order chi connectivity index (χ0) is 14.5. The Morgan fingerprint density at radius 3 is 2.47 bits per heavy atom. The molecule has 0 amide bonds. The van der Waals surface area contributed by atoms with Crippen LogP contribution < -0.4 is 15.2 Å². The second-order valence-corrected chi connectivity index (χ2v) is 5.01. The molecule has 1 rings (SSSR count). The highest BCUT2D eigenvalue weighted by atomic mass is 16.5. The highest BCUT2D eigenvalue weighted by Gasteiger charge is 2.18. The van der Waals surface area contributed by atoms with Gasteiger partial charge in [-0.1, -0.05) is 13.8 Å². The third kappa shape index (κ3) is 4.13. The van der Waals surface area contributed by atoms with Gasteiger partial charge in [0.25, 0.3) is 0 Å². The number of rotatable bonds is 6. The van der Waals surface area contributed by atoms with E-state index in [1.165, 1.54) is 7.11 Å². The van der Waals surface area contributed by atoms with Crippen LogP contribution in [0.4, 0.5) is 0 Å². The first-order chi connectivity index (χ1) is 8.93. The van der Waals surface area contributed by atoms with Crippen LogP contribution in [0.15, 0.2) is 18.2 Å². The van der Waals surface area contributed by atoms with Gasteiger partial charge in [0.1, 0.15) is 0 Å². The van der Waals surface area contributed by atoms with Gasteiger partial charge >= 0.3 is 5.97 Å². The number of hydrogen-bond donors (Lipinski definition) is 1. The summed E-state index contributed by atoms with van der Waals surface area (Å²) in [7, 11) is 2.89. The minimum Gasteiger partial charge on any atom is -0.493 e. The Morgan fingerprint density at radius 1 is 1.26 bits per heavy atom. The summed E-state index contributed by atoms with van der Waals surface area (Å²) >= 11 is 0. The molecule has 0 atom stereocenters. The van der Waals surface area contributed by atoms with E-state index in [9.17, 15) is 4.79 Å². The van der Waals surface area contributed by atoms with E-state index in [1.54, 1.807) is 25.3 Å². The molecule has 5 nitrogen and oxygen atoms in total. The maximum atomic E-state index is 11.5. The standard InChI is InChI=1S/C14H21NO4/c1-14(2,8-15)9-19-12-7-10(13(16)18-4)5-6-11(12)17-3/h5-7H,8-9,15H2,1-4H3. The molecule has 0 unspecified atom stereocenters. The lowest BCUT2D eigenvalue weighted by Gasteiger charge is -2.23. The minimum absolute atomic E-state index is 0.147. The molecule has 106 valence electrons. The summed E-state index contributed by atoms with van der Waals surface area (Å²) in [5, 5.41) is 0. The van der Waals surface area contributed by atoms with Gasteiger partial charge in [-0.3, -0.25) is 0 Å². The van der Waals surface area contributed by atoms with Crippen molar-refractivity contribution in [3.63, 3.8) is 0 Å². The van der Waals surface area contributed by atoms with Crippen LogP contribution in [-0.2, 0) is 4.74 Å². The van der Waals surface area contributed by atoms with Crippen molar-refractivity contribution < 1.29 is 19.0 Å². The molecule has 0 fully saturated rings. The molecule has 0 heterocycles. The normalized spacial score (nSPS) is 11.0. The lowest BCUT2D eigenvalue weighted by atomic mass is 9.95. The Balaban J connectivity index is 2.93. The zero-order valence-electron chi connectivity index (χ0n) is 11.9. The molecule has 2 N–H and O–H groups in total. The quantitative estimate of drug-likeness (QED) is 0.796. The molecular weight excluding hydrogens is 246 g/mol. The topological polar surface area (TPSA) is 70.8 Å². The summed E-state index contributed by atoms with van der Waals surface area (Å²) in [4.78, 5) is 11.5. The summed E-state index contributed by atoms with van der Waals surface area (Å²) in [5.74, 6) is 0.665. The Morgan fingerprint density at radius 2 is 1.95 bits per heavy atom. The number of nitrogens with two attached hydrogens (primary N) is 1. The number of hydrogen-bond acceptors (Lipinski definition) is 5. The van der Waals surface area contributed by atoms with Crippen molar-refractivity contribution in [2.75, 3.05) is 27.4 Å². The molecule has 0 radical (unpaired) electrons. The largest absolute Gasteiger partial charge is 0.493 e. The maximum Gasteiger partial charge on any atom is 0.337 e. The fraction of sp³-hybridized carbons (Fsp3) is 0.500. The average molecular weight is 267 g/mol. The van der Waals surface area contributed by atoms with Gasteiger partial charge in [-0.15, -0.1) is 0 Å². The van der Waals surface area contributed by atoms with Crippen LogP contribution >= 0.6 is 0 Å². The van der Waals surface area contributed by atoms with Gasteiger partial charge in [-0.2, -0.15) is 0 Å². The van der Waals surface area contributed by atoms with Gasteiger partial charge < -0.3 is 19.9 Å². The third-order valence-corrected chi connectivity index (χ3v) is 2.76. The molecule has 0 aromatic heterocycles. The van der Waals surface area contributed by atoms with Crippen molar-refractivity contribution >= 4 is 5.97 Å². The van der Waals surface area contributed by atoms with Crippen molar-refractivity contribution in [1.29, 1.82) is 0 Å². The summed E-state index contributed by atoms with van der Waals surface area (Å²) in [5.41, 5.74) is 5.93. The fourth-order valence-corrected chi connectivity index (χ4v) is 1.37. The van der Waals surface area contributed by atoms with E-state index in [0.29, 0.717) is 30.2 Å². The van der Waals surface area contributed by atoms with E-state index < -0.39 is 5.97 Å².